The first-order valence-electron chi connectivity index (χ1n) is 9.98. The van der Waals surface area contributed by atoms with Gasteiger partial charge in [-0.15, -0.1) is 11.8 Å². The van der Waals surface area contributed by atoms with Crippen molar-refractivity contribution in [2.24, 2.45) is 5.16 Å². The zero-order valence-corrected chi connectivity index (χ0v) is 21.1. The molecule has 0 radical (unpaired) electrons. The number of hydrogen-bond acceptors (Lipinski definition) is 6. The Kier molecular flexibility index (Phi) is 10.5. The number of nitrogens with one attached hydrogen (secondary N) is 1. The van der Waals surface area contributed by atoms with E-state index in [0.29, 0.717) is 5.04 Å². The van der Waals surface area contributed by atoms with Gasteiger partial charge in [-0.1, -0.05) is 59.4 Å². The molecule has 0 heterocycles. The van der Waals surface area contributed by atoms with Crippen molar-refractivity contribution >= 4 is 41.6 Å². The van der Waals surface area contributed by atoms with Crippen molar-refractivity contribution < 1.29 is 14.4 Å². The highest BCUT2D eigenvalue weighted by Gasteiger charge is 2.21. The molecule has 0 spiro atoms. The van der Waals surface area contributed by atoms with Crippen LogP contribution in [0.5, 0.6) is 5.75 Å². The number of carbonyl (C=O) groups is 1. The van der Waals surface area contributed by atoms with Crippen LogP contribution in [0, 0.1) is 0 Å². The predicted molar refractivity (Wildman–Crippen MR) is 136 cm³/mol. The van der Waals surface area contributed by atoms with Gasteiger partial charge in [0.1, 0.15) is 16.6 Å². The summed E-state index contributed by atoms with van der Waals surface area (Å²) in [6.07, 6.45) is 1.26. The summed E-state index contributed by atoms with van der Waals surface area (Å²) in [5, 5.41) is 7.13. The van der Waals surface area contributed by atoms with Crippen molar-refractivity contribution in [3.05, 3.63) is 54.6 Å². The van der Waals surface area contributed by atoms with Gasteiger partial charge in [-0.2, -0.15) is 0 Å². The molecule has 0 saturated carbocycles. The molecule has 6 nitrogen and oxygen atoms in total. The fourth-order valence-electron chi connectivity index (χ4n) is 2.68. The minimum absolute atomic E-state index is 0.148. The molecule has 0 aromatic heterocycles. The minimum Gasteiger partial charge on any atom is -0.484 e. The first-order chi connectivity index (χ1) is 14.8. The third-order valence-corrected chi connectivity index (χ3v) is 8.89. The van der Waals surface area contributed by atoms with Gasteiger partial charge in [-0.25, -0.2) is 4.79 Å². The van der Waals surface area contributed by atoms with Crippen LogP contribution >= 0.6 is 18.6 Å². The van der Waals surface area contributed by atoms with E-state index >= 15 is 0 Å². The van der Waals surface area contributed by atoms with Gasteiger partial charge >= 0.3 is 6.09 Å². The first-order valence-corrected chi connectivity index (χ1v) is 13.9. The number of ether oxygens (including phenoxy) is 1. The molecule has 31 heavy (non-hydrogen) atoms. The maximum absolute atomic E-state index is 11.9. The maximum atomic E-state index is 11.9. The molecule has 0 saturated heterocycles. The average molecular weight is 480 g/mol. The van der Waals surface area contributed by atoms with E-state index < -0.39 is 12.9 Å². The topological polar surface area (TPSA) is 63.2 Å². The molecule has 0 fully saturated rings. The number of thioether (sulfide) groups is 1. The van der Waals surface area contributed by atoms with E-state index in [9.17, 15) is 4.79 Å². The van der Waals surface area contributed by atoms with Gasteiger partial charge in [0.2, 0.25) is 0 Å². The van der Waals surface area contributed by atoms with E-state index in [1.54, 1.807) is 6.92 Å². The molecule has 2 aromatic carbocycles. The van der Waals surface area contributed by atoms with Gasteiger partial charge in [-0.05, 0) is 57.2 Å². The van der Waals surface area contributed by atoms with Gasteiger partial charge in [-0.3, -0.25) is 9.51 Å². The number of oxime groups is 1. The van der Waals surface area contributed by atoms with E-state index in [-0.39, 0.29) is 18.6 Å². The van der Waals surface area contributed by atoms with Crippen molar-refractivity contribution in [1.82, 2.24) is 9.99 Å². The van der Waals surface area contributed by atoms with E-state index in [2.05, 4.69) is 27.3 Å². The van der Waals surface area contributed by atoms with Crippen LogP contribution in [0.3, 0.4) is 0 Å². The van der Waals surface area contributed by atoms with E-state index in [1.807, 2.05) is 69.5 Å². The van der Waals surface area contributed by atoms with Crippen molar-refractivity contribution in [3.63, 3.8) is 0 Å². The van der Waals surface area contributed by atoms with Crippen LogP contribution in [0.25, 0.3) is 11.1 Å². The SMILES string of the molecule is CSC(C)=NOC(=O)NCN(C(C)C)[PH](=S)C(C)Oc1ccc(-c2ccccc2)cc1. The predicted octanol–water partition coefficient (Wildman–Crippen LogP) is 5.76. The maximum Gasteiger partial charge on any atom is 0.434 e. The third kappa shape index (κ3) is 8.30. The number of carbonyl (C=O) groups excluding carboxylic acids is 1. The van der Waals surface area contributed by atoms with Gasteiger partial charge in [0.15, 0.2) is 0 Å². The highest BCUT2D eigenvalue weighted by Crippen LogP contribution is 2.36. The molecule has 0 aliphatic heterocycles. The number of hydrogen-bond donors (Lipinski definition) is 1. The van der Waals surface area contributed by atoms with Gasteiger partial charge in [0, 0.05) is 12.9 Å². The number of amides is 1. The molecule has 9 heteroatoms. The summed E-state index contributed by atoms with van der Waals surface area (Å²) in [6.45, 7) is 6.61. The van der Waals surface area contributed by atoms with E-state index in [4.69, 9.17) is 21.4 Å². The van der Waals surface area contributed by atoms with Crippen LogP contribution in [0.4, 0.5) is 4.79 Å². The molecular weight excluding hydrogens is 449 g/mol. The number of benzene rings is 2. The zero-order valence-electron chi connectivity index (χ0n) is 18.5. The van der Waals surface area contributed by atoms with Crippen molar-refractivity contribution in [2.45, 2.75) is 39.6 Å². The second kappa shape index (κ2) is 12.9. The van der Waals surface area contributed by atoms with Crippen molar-refractivity contribution in [1.29, 1.82) is 0 Å². The molecule has 2 unspecified atom stereocenters. The van der Waals surface area contributed by atoms with Crippen LogP contribution in [-0.4, -0.2) is 40.6 Å². The Bertz CT molecular complexity index is 893. The zero-order chi connectivity index (χ0) is 22.8. The largest absolute Gasteiger partial charge is 0.484 e. The molecule has 0 bridgehead atoms. The Balaban J connectivity index is 1.95. The Hall–Kier alpha value is -1.86. The smallest absolute Gasteiger partial charge is 0.434 e. The third-order valence-electron chi connectivity index (χ3n) is 4.47. The lowest BCUT2D eigenvalue weighted by molar-refractivity contribution is 0.146. The minimum atomic E-state index is -1.51. The summed E-state index contributed by atoms with van der Waals surface area (Å²) in [5.41, 5.74) is 2.30. The molecule has 2 aromatic rings. The molecule has 168 valence electrons. The van der Waals surface area contributed by atoms with Gasteiger partial charge in [0.25, 0.3) is 0 Å². The molecular formula is C22H30N3O3PS2. The first kappa shape index (κ1) is 25.4. The van der Waals surface area contributed by atoms with Gasteiger partial charge < -0.3 is 10.1 Å². The summed E-state index contributed by atoms with van der Waals surface area (Å²) >= 11 is 7.23. The van der Waals surface area contributed by atoms with Crippen molar-refractivity contribution in [2.75, 3.05) is 12.9 Å². The Labute approximate surface area is 194 Å². The Morgan fingerprint density at radius 3 is 2.32 bits per heavy atom. The molecule has 1 amide bonds. The number of nitrogens with zero attached hydrogens (tertiary/aromatic N) is 2. The molecule has 0 aliphatic rings. The second-order valence-corrected chi connectivity index (χ2v) is 11.4. The molecule has 1 N–H and O–H groups in total. The van der Waals surface area contributed by atoms with Crippen LogP contribution in [-0.2, 0) is 16.6 Å². The van der Waals surface area contributed by atoms with Crippen LogP contribution < -0.4 is 10.1 Å². The summed E-state index contributed by atoms with van der Waals surface area (Å²) in [5.74, 6) is 0.608. The van der Waals surface area contributed by atoms with Gasteiger partial charge in [0.05, 0.1) is 6.67 Å². The average Bonchev–Trinajstić information content (AvgIpc) is 2.78. The summed E-state index contributed by atoms with van der Waals surface area (Å²) < 4.78 is 8.19. The van der Waals surface area contributed by atoms with E-state index in [1.165, 1.54) is 11.8 Å². The monoisotopic (exact) mass is 479 g/mol. The molecule has 2 atom stereocenters. The highest BCUT2D eigenvalue weighted by atomic mass is 32.4. The highest BCUT2D eigenvalue weighted by molar-refractivity contribution is 8.13. The quantitative estimate of drug-likeness (QED) is 0.123. The van der Waals surface area contributed by atoms with Crippen molar-refractivity contribution in [3.8, 4) is 16.9 Å². The fraction of sp³-hybridized carbons (Fsp3) is 0.364. The van der Waals surface area contributed by atoms with Crippen LogP contribution in [0.15, 0.2) is 59.8 Å². The normalized spacial score (nSPS) is 13.7. The second-order valence-electron chi connectivity index (χ2n) is 7.08. The lowest BCUT2D eigenvalue weighted by atomic mass is 10.1. The fourth-order valence-corrected chi connectivity index (χ4v) is 5.21. The Morgan fingerprint density at radius 1 is 1.13 bits per heavy atom. The van der Waals surface area contributed by atoms with E-state index in [0.717, 1.165) is 16.9 Å². The lowest BCUT2D eigenvalue weighted by Gasteiger charge is -2.31. The lowest BCUT2D eigenvalue weighted by Crippen LogP contribution is -2.38. The Morgan fingerprint density at radius 2 is 1.74 bits per heavy atom. The van der Waals surface area contributed by atoms with Crippen LogP contribution in [0.1, 0.15) is 27.7 Å². The molecule has 2 rings (SSSR count). The standard InChI is InChI=1S/C22H30N3O3PS2/c1-16(2)25(15-23-22(26)28-24-17(3)31-5)29(30)18(4)27-21-13-11-20(12-14-21)19-9-7-6-8-10-19/h6-14,16,18,29H,15H2,1-5H3,(H,23,26). The summed E-state index contributed by atoms with van der Waals surface area (Å²) in [6, 6.07) is 18.4. The number of rotatable bonds is 9. The summed E-state index contributed by atoms with van der Waals surface area (Å²) in [7, 11) is 0. The summed E-state index contributed by atoms with van der Waals surface area (Å²) in [4.78, 5) is 16.7. The van der Waals surface area contributed by atoms with Crippen LogP contribution in [0.2, 0.25) is 0 Å². The molecule has 0 aliphatic carbocycles.